The highest BCUT2D eigenvalue weighted by Gasteiger charge is 2.08. The summed E-state index contributed by atoms with van der Waals surface area (Å²) in [5.74, 6) is 0.595. The predicted molar refractivity (Wildman–Crippen MR) is 101 cm³/mol. The molecule has 7 heteroatoms. The Morgan fingerprint density at radius 1 is 1.26 bits per heavy atom. The summed E-state index contributed by atoms with van der Waals surface area (Å²) in [7, 11) is 0. The molecule has 132 valence electrons. The first-order valence-corrected chi connectivity index (χ1v) is 7.70. The van der Waals surface area contributed by atoms with Crippen LogP contribution in [-0.4, -0.2) is 25.7 Å². The Hall–Kier alpha value is -1.12. The molecule has 0 aliphatic rings. The van der Waals surface area contributed by atoms with Crippen LogP contribution in [-0.2, 0) is 6.42 Å². The molecule has 0 spiro atoms. The van der Waals surface area contributed by atoms with E-state index in [4.69, 9.17) is 5.73 Å². The van der Waals surface area contributed by atoms with E-state index in [2.05, 4.69) is 22.0 Å². The van der Waals surface area contributed by atoms with Crippen LogP contribution in [0.2, 0.25) is 0 Å². The van der Waals surface area contributed by atoms with E-state index in [9.17, 15) is 8.78 Å². The lowest BCUT2D eigenvalue weighted by Crippen LogP contribution is -2.33. The molecule has 0 saturated heterocycles. The van der Waals surface area contributed by atoms with Crippen LogP contribution >= 0.6 is 24.0 Å². The second-order valence-electron chi connectivity index (χ2n) is 4.99. The molecule has 3 N–H and O–H groups in total. The number of unbranched alkanes of at least 4 members (excludes halogenated alkanes) is 3. The summed E-state index contributed by atoms with van der Waals surface area (Å²) in [6, 6.07) is 6.75. The highest BCUT2D eigenvalue weighted by Crippen LogP contribution is 2.20. The van der Waals surface area contributed by atoms with Crippen molar-refractivity contribution in [3.8, 4) is 5.75 Å². The number of guanidine groups is 1. The number of ether oxygens (including phenoxy) is 1. The molecule has 0 heterocycles. The molecule has 0 unspecified atom stereocenters. The number of hydrogen-bond donors (Lipinski definition) is 2. The fourth-order valence-electron chi connectivity index (χ4n) is 2.04. The van der Waals surface area contributed by atoms with Gasteiger partial charge < -0.3 is 15.8 Å². The number of hydrogen-bond acceptors (Lipinski definition) is 2. The van der Waals surface area contributed by atoms with Gasteiger partial charge in [-0.05, 0) is 24.5 Å². The lowest BCUT2D eigenvalue weighted by atomic mass is 10.1. The number of halogens is 3. The monoisotopic (exact) mass is 441 g/mol. The lowest BCUT2D eigenvalue weighted by Gasteiger charge is -2.11. The third-order valence-corrected chi connectivity index (χ3v) is 3.18. The minimum Gasteiger partial charge on any atom is -0.435 e. The van der Waals surface area contributed by atoms with Gasteiger partial charge in [0, 0.05) is 13.1 Å². The van der Waals surface area contributed by atoms with Gasteiger partial charge in [-0.15, -0.1) is 24.0 Å². The van der Waals surface area contributed by atoms with E-state index in [1.807, 2.05) is 0 Å². The summed E-state index contributed by atoms with van der Waals surface area (Å²) in [5.41, 5.74) is 6.47. The SMILES string of the molecule is CCCCCCN=C(N)NCCc1ccccc1OC(F)F.I. The maximum absolute atomic E-state index is 12.3. The van der Waals surface area contributed by atoms with E-state index >= 15 is 0 Å². The van der Waals surface area contributed by atoms with E-state index in [1.54, 1.807) is 18.2 Å². The minimum atomic E-state index is -2.82. The second-order valence-corrected chi connectivity index (χ2v) is 4.99. The zero-order chi connectivity index (χ0) is 16.2. The number of alkyl halides is 2. The number of nitrogens with zero attached hydrogens (tertiary/aromatic N) is 1. The van der Waals surface area contributed by atoms with E-state index in [-0.39, 0.29) is 29.7 Å². The molecule has 0 bridgehead atoms. The van der Waals surface area contributed by atoms with E-state index in [0.29, 0.717) is 31.0 Å². The van der Waals surface area contributed by atoms with Crippen molar-refractivity contribution in [2.75, 3.05) is 13.1 Å². The molecule has 0 amide bonds. The Kier molecular flexibility index (Phi) is 12.7. The molecule has 4 nitrogen and oxygen atoms in total. The summed E-state index contributed by atoms with van der Waals surface area (Å²) in [4.78, 5) is 4.23. The summed E-state index contributed by atoms with van der Waals surface area (Å²) in [6.07, 6.45) is 5.13. The van der Waals surface area contributed by atoms with Crippen molar-refractivity contribution >= 4 is 29.9 Å². The number of nitrogens with two attached hydrogens (primary N) is 1. The van der Waals surface area contributed by atoms with Gasteiger partial charge in [-0.3, -0.25) is 4.99 Å². The first kappa shape index (κ1) is 21.9. The zero-order valence-electron chi connectivity index (χ0n) is 13.4. The third-order valence-electron chi connectivity index (χ3n) is 3.18. The molecule has 1 aromatic rings. The maximum atomic E-state index is 12.3. The summed E-state index contributed by atoms with van der Waals surface area (Å²) in [6.45, 7) is 0.580. The zero-order valence-corrected chi connectivity index (χ0v) is 15.8. The molecule has 1 rings (SSSR count). The quantitative estimate of drug-likeness (QED) is 0.250. The van der Waals surface area contributed by atoms with Gasteiger partial charge in [0.25, 0.3) is 0 Å². The Morgan fingerprint density at radius 2 is 2.00 bits per heavy atom. The molecule has 1 aromatic carbocycles. The Labute approximate surface area is 153 Å². The molecular weight excluding hydrogens is 415 g/mol. The maximum Gasteiger partial charge on any atom is 0.387 e. The molecule has 0 radical (unpaired) electrons. The molecule has 23 heavy (non-hydrogen) atoms. The minimum absolute atomic E-state index is 0. The first-order valence-electron chi connectivity index (χ1n) is 7.70. The molecule has 0 saturated carbocycles. The number of rotatable bonds is 10. The lowest BCUT2D eigenvalue weighted by molar-refractivity contribution is -0.0504. The highest BCUT2D eigenvalue weighted by molar-refractivity contribution is 14.0. The van der Waals surface area contributed by atoms with Crippen molar-refractivity contribution in [1.82, 2.24) is 5.32 Å². The highest BCUT2D eigenvalue weighted by atomic mass is 127. The fourth-order valence-corrected chi connectivity index (χ4v) is 2.04. The van der Waals surface area contributed by atoms with E-state index in [0.717, 1.165) is 12.8 Å². The normalized spacial score (nSPS) is 11.2. The van der Waals surface area contributed by atoms with Crippen LogP contribution in [0.3, 0.4) is 0 Å². The molecule has 0 aromatic heterocycles. The van der Waals surface area contributed by atoms with Crippen molar-refractivity contribution < 1.29 is 13.5 Å². The Morgan fingerprint density at radius 3 is 2.70 bits per heavy atom. The molecule has 0 aliphatic carbocycles. The Bertz CT molecular complexity index is 459. The molecule has 0 fully saturated rings. The van der Waals surface area contributed by atoms with Crippen LogP contribution in [0.15, 0.2) is 29.3 Å². The summed E-state index contributed by atoms with van der Waals surface area (Å²) < 4.78 is 29.1. The standard InChI is InChI=1S/C16H25F2N3O.HI/c1-2-3-4-7-11-20-16(19)21-12-10-13-8-5-6-9-14(13)22-15(17)18;/h5-6,8-9,15H,2-4,7,10-12H2,1H3,(H3,19,20,21);1H. The van der Waals surface area contributed by atoms with Crippen molar-refractivity contribution in [2.45, 2.75) is 45.6 Å². The van der Waals surface area contributed by atoms with Crippen LogP contribution in [0, 0.1) is 0 Å². The van der Waals surface area contributed by atoms with Gasteiger partial charge in [0.15, 0.2) is 5.96 Å². The van der Waals surface area contributed by atoms with Crippen LogP contribution in [0.1, 0.15) is 38.2 Å². The molecule has 0 atom stereocenters. The fraction of sp³-hybridized carbons (Fsp3) is 0.562. The Balaban J connectivity index is 0.00000484. The summed E-state index contributed by atoms with van der Waals surface area (Å²) in [5, 5.41) is 2.99. The smallest absolute Gasteiger partial charge is 0.387 e. The van der Waals surface area contributed by atoms with Gasteiger partial charge in [0.05, 0.1) is 0 Å². The van der Waals surface area contributed by atoms with Gasteiger partial charge in [-0.2, -0.15) is 8.78 Å². The average Bonchev–Trinajstić information content (AvgIpc) is 2.48. The predicted octanol–water partition coefficient (Wildman–Crippen LogP) is 3.93. The van der Waals surface area contributed by atoms with Gasteiger partial charge in [0.1, 0.15) is 5.75 Å². The molecular formula is C16H26F2IN3O. The van der Waals surface area contributed by atoms with Gasteiger partial charge in [0.2, 0.25) is 0 Å². The van der Waals surface area contributed by atoms with Gasteiger partial charge in [-0.1, -0.05) is 44.4 Å². The number of para-hydroxylation sites is 1. The number of nitrogens with one attached hydrogen (secondary N) is 1. The van der Waals surface area contributed by atoms with Crippen LogP contribution in [0.25, 0.3) is 0 Å². The summed E-state index contributed by atoms with van der Waals surface area (Å²) >= 11 is 0. The van der Waals surface area contributed by atoms with Gasteiger partial charge >= 0.3 is 6.61 Å². The molecule has 0 aliphatic heterocycles. The average molecular weight is 441 g/mol. The number of benzene rings is 1. The van der Waals surface area contributed by atoms with E-state index in [1.165, 1.54) is 18.9 Å². The van der Waals surface area contributed by atoms with Crippen molar-refractivity contribution in [3.05, 3.63) is 29.8 Å². The van der Waals surface area contributed by atoms with Crippen molar-refractivity contribution in [2.24, 2.45) is 10.7 Å². The third kappa shape index (κ3) is 10.3. The van der Waals surface area contributed by atoms with Crippen LogP contribution in [0.4, 0.5) is 8.78 Å². The largest absolute Gasteiger partial charge is 0.435 e. The van der Waals surface area contributed by atoms with Crippen molar-refractivity contribution in [1.29, 1.82) is 0 Å². The number of aliphatic imine (C=N–C) groups is 1. The van der Waals surface area contributed by atoms with Gasteiger partial charge in [-0.25, -0.2) is 0 Å². The topological polar surface area (TPSA) is 59.6 Å². The van der Waals surface area contributed by atoms with Crippen molar-refractivity contribution in [3.63, 3.8) is 0 Å². The van der Waals surface area contributed by atoms with Crippen LogP contribution < -0.4 is 15.8 Å². The van der Waals surface area contributed by atoms with Crippen LogP contribution in [0.5, 0.6) is 5.75 Å². The van der Waals surface area contributed by atoms with E-state index < -0.39 is 6.61 Å². The second kappa shape index (κ2) is 13.3. The first-order chi connectivity index (χ1) is 10.6.